The summed E-state index contributed by atoms with van der Waals surface area (Å²) in [5.74, 6) is -0.537. The molecule has 2 aromatic heterocycles. The van der Waals surface area contributed by atoms with E-state index in [-0.39, 0.29) is 52.7 Å². The van der Waals surface area contributed by atoms with Crippen molar-refractivity contribution in [3.05, 3.63) is 83.2 Å². The van der Waals surface area contributed by atoms with Crippen molar-refractivity contribution in [3.63, 3.8) is 0 Å². The Labute approximate surface area is 376 Å². The van der Waals surface area contributed by atoms with Crippen molar-refractivity contribution in [2.75, 3.05) is 31.4 Å². The summed E-state index contributed by atoms with van der Waals surface area (Å²) in [5, 5.41) is 14.5. The fourth-order valence-corrected chi connectivity index (χ4v) is 10.7. The number of sulfone groups is 1. The van der Waals surface area contributed by atoms with E-state index in [0.29, 0.717) is 67.1 Å². The number of imidazole rings is 2. The number of anilines is 1. The topological polar surface area (TPSA) is 223 Å². The molecule has 65 heavy (non-hydrogen) atoms. The Morgan fingerprint density at radius 2 is 1.23 bits per heavy atom. The number of nitrogens with zero attached hydrogens (tertiary/aromatic N) is 5. The maximum Gasteiger partial charge on any atom is 0.407 e. The number of nitrogens with one attached hydrogen (secondary N) is 4. The standard InChI is InChI=1S/C46H56FN9O8S/c1-24(2)39(52-45(59)60)43(57)54-19-7-9-36(54)41-48-30-14-11-26(21-32(30)50-41)34-16-17-35(56(34)28-13-18-38(29(47)23-28)65(6,62)63)27-12-15-31-33(22-27)51-42(49-31)37-10-8-20-55(37)44(58)40(25(3)4)53-46(61)64-5/h11-15,18,21-25,34-37,39-40,52H,7-10,16-17,19-20H2,1-6H3,(H,48,50)(H,49,51)(H,53,61)(H,59,60)/t34-,35-,36+,37+,39?,40+/m1/s1. The van der Waals surface area contributed by atoms with E-state index in [2.05, 4.69) is 25.5 Å². The molecule has 5 aromatic rings. The van der Waals surface area contributed by atoms with Crippen LogP contribution in [-0.4, -0.2) is 106 Å². The van der Waals surface area contributed by atoms with Gasteiger partial charge < -0.3 is 45.1 Å². The number of halogens is 1. The highest BCUT2D eigenvalue weighted by molar-refractivity contribution is 7.90. The fourth-order valence-electron chi connectivity index (χ4n) is 9.93. The zero-order chi connectivity index (χ0) is 46.5. The number of aromatic amines is 2. The highest BCUT2D eigenvalue weighted by Crippen LogP contribution is 2.48. The smallest absolute Gasteiger partial charge is 0.407 e. The van der Waals surface area contributed by atoms with Gasteiger partial charge in [0, 0.05) is 25.0 Å². The van der Waals surface area contributed by atoms with Gasteiger partial charge in [-0.2, -0.15) is 0 Å². The third-order valence-corrected chi connectivity index (χ3v) is 14.3. The molecule has 346 valence electrons. The summed E-state index contributed by atoms with van der Waals surface area (Å²) in [6.45, 7) is 8.33. The number of hydrogen-bond donors (Lipinski definition) is 5. The van der Waals surface area contributed by atoms with Crippen molar-refractivity contribution in [2.24, 2.45) is 11.8 Å². The maximum absolute atomic E-state index is 15.7. The van der Waals surface area contributed by atoms with Gasteiger partial charge in [0.2, 0.25) is 11.8 Å². The first-order valence-corrected chi connectivity index (χ1v) is 24.0. The molecule has 3 aromatic carbocycles. The van der Waals surface area contributed by atoms with Crippen molar-refractivity contribution < 1.29 is 41.8 Å². The molecule has 0 saturated carbocycles. The Morgan fingerprint density at radius 3 is 1.66 bits per heavy atom. The monoisotopic (exact) mass is 913 g/mol. The number of carbonyl (C=O) groups excluding carboxylic acids is 3. The number of rotatable bonds is 12. The van der Waals surface area contributed by atoms with Gasteiger partial charge in [0.1, 0.15) is 34.4 Å². The summed E-state index contributed by atoms with van der Waals surface area (Å²) >= 11 is 0. The number of aromatic nitrogens is 4. The molecule has 0 aliphatic carbocycles. The highest BCUT2D eigenvalue weighted by Gasteiger charge is 2.41. The number of benzene rings is 3. The SMILES string of the molecule is COC(=O)N[C@H](C(=O)N1CCC[C@H]1c1nc2ccc([C@H]3CC[C@H](c4ccc5nc([C@@H]6CCCN6C(=O)C(NC(=O)O)C(C)C)[nH]c5c4)N3c3ccc(S(C)(=O)=O)c(F)c3)cc2[nH]1)C(C)C. The molecule has 1 unspecified atom stereocenters. The predicted octanol–water partition coefficient (Wildman–Crippen LogP) is 7.06. The lowest BCUT2D eigenvalue weighted by molar-refractivity contribution is -0.136. The van der Waals surface area contributed by atoms with Crippen LogP contribution in [0, 0.1) is 17.7 Å². The summed E-state index contributed by atoms with van der Waals surface area (Å²) in [5.41, 5.74) is 5.27. The van der Waals surface area contributed by atoms with Crippen molar-refractivity contribution in [1.82, 2.24) is 40.4 Å². The molecule has 0 bridgehead atoms. The van der Waals surface area contributed by atoms with Crippen LogP contribution in [0.5, 0.6) is 0 Å². The molecule has 4 amide bonds. The molecule has 3 fully saturated rings. The van der Waals surface area contributed by atoms with Gasteiger partial charge in [-0.1, -0.05) is 39.8 Å². The second-order valence-electron chi connectivity index (χ2n) is 18.1. The van der Waals surface area contributed by atoms with E-state index in [4.69, 9.17) is 14.7 Å². The molecule has 5 N–H and O–H groups in total. The van der Waals surface area contributed by atoms with Gasteiger partial charge in [-0.05, 0) is 104 Å². The largest absolute Gasteiger partial charge is 0.465 e. The first kappa shape index (κ1) is 45.3. The van der Waals surface area contributed by atoms with Crippen LogP contribution in [0.25, 0.3) is 22.1 Å². The summed E-state index contributed by atoms with van der Waals surface area (Å²) in [7, 11) is -2.57. The average Bonchev–Trinajstić information content (AvgIpc) is 4.11. The molecule has 19 heteroatoms. The molecule has 5 heterocycles. The molecular formula is C46H56FN9O8S. The number of ether oxygens (including phenoxy) is 1. The van der Waals surface area contributed by atoms with Crippen LogP contribution in [0.2, 0.25) is 0 Å². The molecule has 8 rings (SSSR count). The van der Waals surface area contributed by atoms with Crippen molar-refractivity contribution >= 4 is 61.6 Å². The van der Waals surface area contributed by atoms with E-state index in [1.54, 1.807) is 29.7 Å². The minimum absolute atomic E-state index is 0.178. The maximum atomic E-state index is 15.7. The molecule has 3 aliphatic heterocycles. The molecule has 6 atom stereocenters. The van der Waals surface area contributed by atoms with Crippen molar-refractivity contribution in [2.45, 2.75) is 107 Å². The Bertz CT molecular complexity index is 2760. The van der Waals surface area contributed by atoms with Gasteiger partial charge in [-0.3, -0.25) is 9.59 Å². The summed E-state index contributed by atoms with van der Waals surface area (Å²) in [6, 6.07) is 13.2. The molecular weight excluding hydrogens is 858 g/mol. The average molecular weight is 914 g/mol. The number of hydrogen-bond acceptors (Lipinski definition) is 10. The van der Waals surface area contributed by atoms with E-state index in [9.17, 15) is 32.7 Å². The van der Waals surface area contributed by atoms with E-state index in [1.807, 2.05) is 50.2 Å². The number of fused-ring (bicyclic) bond motifs is 2. The number of amides is 4. The number of likely N-dealkylation sites (tertiary alicyclic amines) is 2. The minimum Gasteiger partial charge on any atom is -0.465 e. The molecule has 17 nitrogen and oxygen atoms in total. The summed E-state index contributed by atoms with van der Waals surface area (Å²) < 4.78 is 45.5. The summed E-state index contributed by atoms with van der Waals surface area (Å²) in [4.78, 5) is 73.2. The fraction of sp³-hybridized carbons (Fsp3) is 0.478. The third kappa shape index (κ3) is 8.94. The quantitative estimate of drug-likeness (QED) is 0.0852. The number of H-pyrrole nitrogens is 2. The zero-order valence-electron chi connectivity index (χ0n) is 37.3. The number of alkyl carbamates (subject to hydrolysis) is 1. The minimum atomic E-state index is -3.83. The van der Waals surface area contributed by atoms with E-state index in [0.717, 1.165) is 41.3 Å². The van der Waals surface area contributed by atoms with Crippen LogP contribution in [0.15, 0.2) is 59.5 Å². The first-order valence-electron chi connectivity index (χ1n) is 22.2. The van der Waals surface area contributed by atoms with Crippen LogP contribution in [0.1, 0.15) is 113 Å². The van der Waals surface area contributed by atoms with Crippen LogP contribution in [0.4, 0.5) is 19.7 Å². The second kappa shape index (κ2) is 18.0. The molecule has 3 saturated heterocycles. The van der Waals surface area contributed by atoms with Crippen LogP contribution < -0.4 is 15.5 Å². The third-order valence-electron chi connectivity index (χ3n) is 13.1. The Morgan fingerprint density at radius 1 is 0.738 bits per heavy atom. The van der Waals surface area contributed by atoms with Gasteiger partial charge >= 0.3 is 12.2 Å². The number of carbonyl (C=O) groups is 4. The van der Waals surface area contributed by atoms with Gasteiger partial charge in [0.15, 0.2) is 9.84 Å². The number of methoxy groups -OCH3 is 1. The zero-order valence-corrected chi connectivity index (χ0v) is 38.1. The lowest BCUT2D eigenvalue weighted by Crippen LogP contribution is -2.51. The Hall–Kier alpha value is -6.24. The van der Waals surface area contributed by atoms with Gasteiger partial charge in [-0.15, -0.1) is 0 Å². The van der Waals surface area contributed by atoms with E-state index >= 15 is 4.39 Å². The highest BCUT2D eigenvalue weighted by atomic mass is 32.2. The lowest BCUT2D eigenvalue weighted by atomic mass is 10.0. The van der Waals surface area contributed by atoms with Crippen LogP contribution in [0.3, 0.4) is 0 Å². The predicted molar refractivity (Wildman–Crippen MR) is 240 cm³/mol. The van der Waals surface area contributed by atoms with Crippen LogP contribution >= 0.6 is 0 Å². The normalized spacial score (nSPS) is 21.2. The molecule has 0 radical (unpaired) electrons. The molecule has 3 aliphatic rings. The van der Waals surface area contributed by atoms with E-state index < -0.39 is 39.9 Å². The lowest BCUT2D eigenvalue weighted by Gasteiger charge is -2.33. The van der Waals surface area contributed by atoms with Crippen molar-refractivity contribution in [3.8, 4) is 0 Å². The second-order valence-corrected chi connectivity index (χ2v) is 20.1. The van der Waals surface area contributed by atoms with E-state index in [1.165, 1.54) is 19.2 Å². The van der Waals surface area contributed by atoms with Gasteiger partial charge in [-0.25, -0.2) is 32.4 Å². The van der Waals surface area contributed by atoms with Crippen molar-refractivity contribution in [1.29, 1.82) is 0 Å². The molecule has 0 spiro atoms. The first-order chi connectivity index (χ1) is 30.9. The Balaban J connectivity index is 1.11. The van der Waals surface area contributed by atoms with Crippen LogP contribution in [-0.2, 0) is 24.2 Å². The summed E-state index contributed by atoms with van der Waals surface area (Å²) in [6.07, 6.45) is 3.26. The number of carboxylic acid groups (broad SMARTS) is 1. The Kier molecular flexibility index (Phi) is 12.5. The van der Waals surface area contributed by atoms with Gasteiger partial charge in [0.05, 0.1) is 53.3 Å². The van der Waals surface area contributed by atoms with Gasteiger partial charge in [0.25, 0.3) is 0 Å².